The van der Waals surface area contributed by atoms with E-state index in [9.17, 15) is 23.1 Å². The van der Waals surface area contributed by atoms with Crippen LogP contribution in [-0.2, 0) is 19.6 Å². The summed E-state index contributed by atoms with van der Waals surface area (Å²) in [6, 6.07) is -1.53. The van der Waals surface area contributed by atoms with Crippen molar-refractivity contribution >= 4 is 21.8 Å². The molecule has 206 valence electrons. The van der Waals surface area contributed by atoms with Gasteiger partial charge in [-0.2, -0.15) is 4.31 Å². The van der Waals surface area contributed by atoms with Gasteiger partial charge in [-0.3, -0.25) is 9.59 Å². The SMILES string of the molecule is CC(C)(C)[C@@H](C(=O)N1C[C@H](O)C[C@H]1C(=O)NCC1CCCC1N1CCCS1(=O)=O)n1cc(C2CC2)nn1. The molecule has 1 aromatic heterocycles. The number of sulfonamides is 1. The van der Waals surface area contributed by atoms with E-state index in [1.807, 2.05) is 27.0 Å². The number of aromatic nitrogens is 3. The number of carbonyl (C=O) groups is 2. The Morgan fingerprint density at radius 3 is 2.59 bits per heavy atom. The van der Waals surface area contributed by atoms with Gasteiger partial charge in [0.1, 0.15) is 12.1 Å². The van der Waals surface area contributed by atoms with Crippen LogP contribution in [-0.4, -0.2) is 93.1 Å². The molecule has 2 aliphatic heterocycles. The maximum Gasteiger partial charge on any atom is 0.248 e. The van der Waals surface area contributed by atoms with Crippen molar-refractivity contribution in [3.05, 3.63) is 11.9 Å². The van der Waals surface area contributed by atoms with Crippen LogP contribution in [0.4, 0.5) is 0 Å². The minimum Gasteiger partial charge on any atom is -0.391 e. The summed E-state index contributed by atoms with van der Waals surface area (Å²) < 4.78 is 28.2. The van der Waals surface area contributed by atoms with Crippen molar-refractivity contribution in [2.75, 3.05) is 25.4 Å². The molecule has 1 aromatic rings. The Hall–Kier alpha value is -2.05. The van der Waals surface area contributed by atoms with Crippen molar-refractivity contribution in [1.29, 1.82) is 0 Å². The topological polar surface area (TPSA) is 138 Å². The van der Waals surface area contributed by atoms with Gasteiger partial charge in [0.05, 0.1) is 17.6 Å². The number of hydrogen-bond acceptors (Lipinski definition) is 7. The second-order valence-electron chi connectivity index (χ2n) is 12.3. The maximum absolute atomic E-state index is 13.9. The summed E-state index contributed by atoms with van der Waals surface area (Å²) in [5.41, 5.74) is 0.405. The van der Waals surface area contributed by atoms with E-state index in [0.29, 0.717) is 25.4 Å². The summed E-state index contributed by atoms with van der Waals surface area (Å²) in [6.45, 7) is 6.88. The Bertz CT molecular complexity index is 1130. The van der Waals surface area contributed by atoms with Crippen molar-refractivity contribution in [2.24, 2.45) is 11.3 Å². The lowest BCUT2D eigenvalue weighted by atomic mass is 9.85. The second kappa shape index (κ2) is 9.92. The van der Waals surface area contributed by atoms with Crippen LogP contribution in [0.25, 0.3) is 0 Å². The van der Waals surface area contributed by atoms with Gasteiger partial charge in [-0.25, -0.2) is 13.1 Å². The Kier molecular flexibility index (Phi) is 7.12. The summed E-state index contributed by atoms with van der Waals surface area (Å²) in [5, 5.41) is 22.0. The van der Waals surface area contributed by atoms with Crippen LogP contribution < -0.4 is 5.32 Å². The number of β-amino-alcohol motifs (C(OH)–C–C–N with tert-alkyl or cyclic N) is 1. The van der Waals surface area contributed by atoms with Crippen molar-refractivity contribution < 1.29 is 23.1 Å². The van der Waals surface area contributed by atoms with Gasteiger partial charge < -0.3 is 15.3 Å². The number of nitrogens with one attached hydrogen (secondary N) is 1. The highest BCUT2D eigenvalue weighted by atomic mass is 32.2. The first-order valence-electron chi connectivity index (χ1n) is 13.6. The fraction of sp³-hybridized carbons (Fsp3) is 0.840. The van der Waals surface area contributed by atoms with Crippen LogP contribution in [0, 0.1) is 11.3 Å². The van der Waals surface area contributed by atoms with E-state index in [2.05, 4.69) is 15.6 Å². The number of nitrogens with zero attached hydrogens (tertiary/aromatic N) is 5. The fourth-order valence-corrected chi connectivity index (χ4v) is 8.17. The monoisotopic (exact) mass is 536 g/mol. The lowest BCUT2D eigenvalue weighted by molar-refractivity contribution is -0.144. The van der Waals surface area contributed by atoms with Crippen molar-refractivity contribution in [3.63, 3.8) is 0 Å². The number of hydrogen-bond donors (Lipinski definition) is 2. The highest BCUT2D eigenvalue weighted by Gasteiger charge is 2.46. The van der Waals surface area contributed by atoms with E-state index in [-0.39, 0.29) is 42.5 Å². The first kappa shape index (κ1) is 26.6. The predicted molar refractivity (Wildman–Crippen MR) is 136 cm³/mol. The zero-order chi connectivity index (χ0) is 26.5. The first-order valence-corrected chi connectivity index (χ1v) is 15.2. The molecule has 3 heterocycles. The highest BCUT2D eigenvalue weighted by Crippen LogP contribution is 2.40. The number of aliphatic hydroxyl groups excluding tert-OH is 1. The quantitative estimate of drug-likeness (QED) is 0.531. The minimum atomic E-state index is -3.21. The molecule has 0 spiro atoms. The second-order valence-corrected chi connectivity index (χ2v) is 14.4. The number of rotatable bonds is 7. The van der Waals surface area contributed by atoms with E-state index < -0.39 is 33.6 Å². The van der Waals surface area contributed by atoms with Gasteiger partial charge in [-0.05, 0) is 43.4 Å². The Morgan fingerprint density at radius 2 is 1.95 bits per heavy atom. The van der Waals surface area contributed by atoms with Gasteiger partial charge in [0.15, 0.2) is 0 Å². The number of aliphatic hydroxyl groups is 1. The lowest BCUT2D eigenvalue weighted by Gasteiger charge is -2.35. The Labute approximate surface area is 219 Å². The molecule has 0 aromatic carbocycles. The van der Waals surface area contributed by atoms with E-state index in [0.717, 1.165) is 37.8 Å². The van der Waals surface area contributed by atoms with Gasteiger partial charge in [0, 0.05) is 44.2 Å². The summed E-state index contributed by atoms with van der Waals surface area (Å²) in [4.78, 5) is 28.7. The van der Waals surface area contributed by atoms with Gasteiger partial charge in [0.2, 0.25) is 21.8 Å². The molecule has 37 heavy (non-hydrogen) atoms. The van der Waals surface area contributed by atoms with Crippen molar-refractivity contribution in [2.45, 2.75) is 95.9 Å². The zero-order valence-corrected chi connectivity index (χ0v) is 22.9. The molecule has 5 rings (SSSR count). The molecule has 0 bridgehead atoms. The third-order valence-electron chi connectivity index (χ3n) is 8.37. The summed E-state index contributed by atoms with van der Waals surface area (Å²) in [5.74, 6) is 0.0999. The molecule has 12 heteroatoms. The molecule has 2 aliphatic carbocycles. The molecule has 0 radical (unpaired) electrons. The Balaban J connectivity index is 1.28. The third-order valence-corrected chi connectivity index (χ3v) is 10.3. The van der Waals surface area contributed by atoms with Gasteiger partial charge in [0.25, 0.3) is 0 Å². The summed E-state index contributed by atoms with van der Waals surface area (Å²) in [7, 11) is -3.21. The molecule has 5 atom stereocenters. The van der Waals surface area contributed by atoms with Gasteiger partial charge in [-0.1, -0.05) is 32.4 Å². The molecular formula is C25H40N6O5S. The predicted octanol–water partition coefficient (Wildman–Crippen LogP) is 1.02. The zero-order valence-electron chi connectivity index (χ0n) is 22.0. The average molecular weight is 537 g/mol. The average Bonchev–Trinajstić information content (AvgIpc) is 3.15. The Morgan fingerprint density at radius 1 is 1.19 bits per heavy atom. The molecule has 2 N–H and O–H groups in total. The normalized spacial score (nSPS) is 31.1. The van der Waals surface area contributed by atoms with E-state index >= 15 is 0 Å². The number of likely N-dealkylation sites (tertiary alicyclic amines) is 1. The van der Waals surface area contributed by atoms with Crippen LogP contribution in [0.3, 0.4) is 0 Å². The van der Waals surface area contributed by atoms with Crippen LogP contribution in [0.5, 0.6) is 0 Å². The fourth-order valence-electron chi connectivity index (χ4n) is 6.34. The molecular weight excluding hydrogens is 496 g/mol. The lowest BCUT2D eigenvalue weighted by Crippen LogP contribution is -2.51. The molecule has 2 saturated heterocycles. The summed E-state index contributed by atoms with van der Waals surface area (Å²) in [6.07, 6.45) is 6.64. The van der Waals surface area contributed by atoms with Crippen LogP contribution in [0.15, 0.2) is 6.20 Å². The largest absolute Gasteiger partial charge is 0.391 e. The molecule has 4 aliphatic rings. The van der Waals surface area contributed by atoms with Crippen LogP contribution in [0.1, 0.15) is 83.4 Å². The van der Waals surface area contributed by atoms with Crippen LogP contribution in [0.2, 0.25) is 0 Å². The first-order chi connectivity index (χ1) is 17.5. The smallest absolute Gasteiger partial charge is 0.248 e. The highest BCUT2D eigenvalue weighted by molar-refractivity contribution is 7.89. The van der Waals surface area contributed by atoms with Gasteiger partial charge >= 0.3 is 0 Å². The molecule has 2 unspecified atom stereocenters. The minimum absolute atomic E-state index is 0.0469. The van der Waals surface area contributed by atoms with Crippen molar-refractivity contribution in [1.82, 2.24) is 29.5 Å². The molecule has 4 fully saturated rings. The van der Waals surface area contributed by atoms with E-state index in [1.54, 1.807) is 8.99 Å². The third kappa shape index (κ3) is 5.42. The molecule has 2 amide bonds. The molecule has 2 saturated carbocycles. The summed E-state index contributed by atoms with van der Waals surface area (Å²) >= 11 is 0. The molecule has 11 nitrogen and oxygen atoms in total. The van der Waals surface area contributed by atoms with E-state index in [1.165, 1.54) is 4.90 Å². The van der Waals surface area contributed by atoms with Crippen molar-refractivity contribution in [3.8, 4) is 0 Å². The number of amides is 2. The maximum atomic E-state index is 13.9. The number of carbonyl (C=O) groups excluding carboxylic acids is 2. The van der Waals surface area contributed by atoms with Crippen LogP contribution >= 0.6 is 0 Å². The van der Waals surface area contributed by atoms with E-state index in [4.69, 9.17) is 0 Å². The standard InChI is InChI=1S/C25H40N6O5S/c1-25(2,3)22(30-15-19(27-28-30)16-8-9-16)24(34)29-14-18(32)12-21(29)23(33)26-13-17-6-4-7-20(17)31-10-5-11-37(31,35)36/h15-18,20-22,32H,4-14H2,1-3H3,(H,26,33)/t17?,18-,20?,21+,22-/m1/s1. The van der Waals surface area contributed by atoms with Gasteiger partial charge in [-0.15, -0.1) is 5.10 Å².